The first-order chi connectivity index (χ1) is 17.3. The number of esters is 1. The number of carbonyl (C=O) groups excluding carboxylic acids is 2. The summed E-state index contributed by atoms with van der Waals surface area (Å²) >= 11 is 0. The topological polar surface area (TPSA) is 59.2 Å². The molecule has 37 heavy (non-hydrogen) atoms. The van der Waals surface area contributed by atoms with Crippen LogP contribution in [0.2, 0.25) is 0 Å². The van der Waals surface area contributed by atoms with Crippen LogP contribution in [0.25, 0.3) is 49.3 Å². The van der Waals surface area contributed by atoms with Crippen molar-refractivity contribution >= 4 is 61.0 Å². The summed E-state index contributed by atoms with van der Waals surface area (Å²) in [5, 5.41) is 8.01. The van der Waals surface area contributed by atoms with Gasteiger partial charge in [-0.25, -0.2) is 4.79 Å². The van der Waals surface area contributed by atoms with Crippen LogP contribution in [0.3, 0.4) is 0 Å². The molecule has 1 heterocycles. The van der Waals surface area contributed by atoms with Crippen molar-refractivity contribution in [1.82, 2.24) is 4.98 Å². The Morgan fingerprint density at radius 2 is 1.35 bits per heavy atom. The van der Waals surface area contributed by atoms with Gasteiger partial charge in [-0.05, 0) is 97.5 Å². The number of benzene rings is 4. The number of hydrogen-bond acceptors (Lipinski definition) is 3. The maximum Gasteiger partial charge on any atom is 0.354 e. The molecule has 0 spiro atoms. The van der Waals surface area contributed by atoms with Gasteiger partial charge in [0.1, 0.15) is 5.69 Å². The molecule has 0 unspecified atom stereocenters. The monoisotopic (exact) mass is 491 g/mol. The smallest absolute Gasteiger partial charge is 0.354 e. The van der Waals surface area contributed by atoms with Gasteiger partial charge in [-0.3, -0.25) is 4.79 Å². The number of hydrogen-bond donors (Lipinski definition) is 1. The molecule has 5 aromatic rings. The normalized spacial score (nSPS) is 14.2. The fourth-order valence-corrected chi connectivity index (χ4v) is 5.95. The number of aromatic nitrogens is 1. The second-order valence-electron chi connectivity index (χ2n) is 12.7. The molecule has 4 aromatic carbocycles. The molecule has 188 valence electrons. The first kappa shape index (κ1) is 23.7. The van der Waals surface area contributed by atoms with E-state index in [0.29, 0.717) is 12.1 Å². The SMILES string of the molecule is COC(=O)c1cc2c3cc(C(C)(C)C)cc4c5c(c6cc(C(C)(C)C)cc(c2[nH]1)c6c43)C=C(C(C)=O)C5. The maximum atomic E-state index is 12.6. The van der Waals surface area contributed by atoms with Crippen LogP contribution in [0.15, 0.2) is 35.9 Å². The van der Waals surface area contributed by atoms with E-state index in [1.807, 2.05) is 6.07 Å². The number of fused-ring (bicyclic) bond motifs is 6. The van der Waals surface area contributed by atoms with E-state index in [1.54, 1.807) is 6.92 Å². The first-order valence-electron chi connectivity index (χ1n) is 12.9. The van der Waals surface area contributed by atoms with E-state index in [4.69, 9.17) is 4.74 Å². The largest absolute Gasteiger partial charge is 0.464 e. The molecule has 4 nitrogen and oxygen atoms in total. The number of allylic oxidation sites excluding steroid dienone is 1. The molecular formula is C33H33NO3. The van der Waals surface area contributed by atoms with Crippen LogP contribution in [0.1, 0.15) is 81.2 Å². The lowest BCUT2D eigenvalue weighted by Crippen LogP contribution is -2.12. The minimum absolute atomic E-state index is 0.0695. The summed E-state index contributed by atoms with van der Waals surface area (Å²) in [6.45, 7) is 15.0. The Morgan fingerprint density at radius 3 is 1.95 bits per heavy atom. The highest BCUT2D eigenvalue weighted by Gasteiger charge is 2.29. The van der Waals surface area contributed by atoms with E-state index in [9.17, 15) is 9.59 Å². The fourth-order valence-electron chi connectivity index (χ4n) is 5.95. The van der Waals surface area contributed by atoms with E-state index in [0.717, 1.165) is 32.8 Å². The number of H-pyrrole nitrogens is 1. The Bertz CT molecular complexity index is 1830. The molecule has 6 rings (SSSR count). The van der Waals surface area contributed by atoms with Gasteiger partial charge < -0.3 is 9.72 Å². The summed E-state index contributed by atoms with van der Waals surface area (Å²) in [5.74, 6) is -0.249. The fraction of sp³-hybridized carbons (Fsp3) is 0.333. The number of nitrogens with one attached hydrogen (secondary N) is 1. The van der Waals surface area contributed by atoms with Crippen molar-refractivity contribution in [3.63, 3.8) is 0 Å². The number of aromatic amines is 1. The van der Waals surface area contributed by atoms with Gasteiger partial charge in [-0.15, -0.1) is 0 Å². The lowest BCUT2D eigenvalue weighted by atomic mass is 9.78. The lowest BCUT2D eigenvalue weighted by Gasteiger charge is -2.26. The van der Waals surface area contributed by atoms with E-state index in [2.05, 4.69) is 76.9 Å². The molecule has 0 aliphatic heterocycles. The molecule has 0 fully saturated rings. The second-order valence-corrected chi connectivity index (χ2v) is 12.7. The Labute approximate surface area is 217 Å². The number of carbonyl (C=O) groups is 2. The van der Waals surface area contributed by atoms with Gasteiger partial charge in [0.15, 0.2) is 5.78 Å². The highest BCUT2D eigenvalue weighted by atomic mass is 16.5. The minimum atomic E-state index is -0.374. The number of methoxy groups -OCH3 is 1. The zero-order valence-corrected chi connectivity index (χ0v) is 22.9. The summed E-state index contributed by atoms with van der Waals surface area (Å²) in [6.07, 6.45) is 2.75. The molecule has 1 aliphatic rings. The standard InChI is InChI=1S/C33H33NO3/c1-16(35)17-9-20-21(10-17)23-12-19(33(5,6)7)14-26-29(23)28-22(20)11-18(32(2,3)4)13-24(28)25-15-27(31(36)37-8)34-30(25)26/h10-15,34H,9H2,1-8H3. The molecule has 1 N–H and O–H groups in total. The predicted molar refractivity (Wildman–Crippen MR) is 153 cm³/mol. The van der Waals surface area contributed by atoms with Gasteiger partial charge in [-0.2, -0.15) is 0 Å². The van der Waals surface area contributed by atoms with E-state index in [1.165, 1.54) is 45.3 Å². The molecule has 0 saturated heterocycles. The summed E-state index contributed by atoms with van der Waals surface area (Å²) in [5.41, 5.74) is 6.95. The van der Waals surface area contributed by atoms with Crippen molar-refractivity contribution < 1.29 is 14.3 Å². The van der Waals surface area contributed by atoms with Crippen molar-refractivity contribution in [2.75, 3.05) is 7.11 Å². The van der Waals surface area contributed by atoms with Crippen molar-refractivity contribution in [2.24, 2.45) is 0 Å². The summed E-state index contributed by atoms with van der Waals surface area (Å²) in [7, 11) is 1.41. The average molecular weight is 492 g/mol. The third-order valence-electron chi connectivity index (χ3n) is 8.12. The molecule has 0 saturated carbocycles. The van der Waals surface area contributed by atoms with Crippen LogP contribution >= 0.6 is 0 Å². The third kappa shape index (κ3) is 3.34. The second kappa shape index (κ2) is 7.44. The van der Waals surface area contributed by atoms with Gasteiger partial charge in [-0.1, -0.05) is 47.6 Å². The zero-order chi connectivity index (χ0) is 26.6. The molecule has 0 atom stereocenters. The Morgan fingerprint density at radius 1 is 0.784 bits per heavy atom. The predicted octanol–water partition coefficient (Wildman–Crippen LogP) is 7.98. The summed E-state index contributed by atoms with van der Waals surface area (Å²) in [4.78, 5) is 28.6. The van der Waals surface area contributed by atoms with Crippen molar-refractivity contribution in [3.05, 3.63) is 63.9 Å². The van der Waals surface area contributed by atoms with E-state index in [-0.39, 0.29) is 22.6 Å². The van der Waals surface area contributed by atoms with Gasteiger partial charge in [0.05, 0.1) is 12.6 Å². The van der Waals surface area contributed by atoms with Gasteiger partial charge >= 0.3 is 5.97 Å². The van der Waals surface area contributed by atoms with Crippen LogP contribution in [-0.4, -0.2) is 23.8 Å². The highest BCUT2D eigenvalue weighted by molar-refractivity contribution is 6.36. The van der Waals surface area contributed by atoms with Gasteiger partial charge in [0, 0.05) is 22.6 Å². The van der Waals surface area contributed by atoms with E-state index < -0.39 is 0 Å². The number of Topliss-reactive ketones (excluding diaryl/α,β-unsaturated/α-hetero) is 1. The van der Waals surface area contributed by atoms with Crippen LogP contribution in [0.4, 0.5) is 0 Å². The summed E-state index contributed by atoms with van der Waals surface area (Å²) in [6, 6.07) is 11.1. The number of ketones is 1. The van der Waals surface area contributed by atoms with Crippen LogP contribution < -0.4 is 0 Å². The van der Waals surface area contributed by atoms with Crippen LogP contribution in [0.5, 0.6) is 0 Å². The molecule has 1 aliphatic carbocycles. The zero-order valence-electron chi connectivity index (χ0n) is 22.9. The van der Waals surface area contributed by atoms with Crippen LogP contribution in [0, 0.1) is 0 Å². The van der Waals surface area contributed by atoms with E-state index >= 15 is 0 Å². The molecule has 0 radical (unpaired) electrons. The number of ether oxygens (including phenoxy) is 1. The third-order valence-corrected chi connectivity index (χ3v) is 8.12. The highest BCUT2D eigenvalue weighted by Crippen LogP contribution is 2.49. The molecule has 1 aromatic heterocycles. The quantitative estimate of drug-likeness (QED) is 0.201. The Balaban J connectivity index is 1.93. The maximum absolute atomic E-state index is 12.6. The molecule has 0 amide bonds. The minimum Gasteiger partial charge on any atom is -0.464 e. The van der Waals surface area contributed by atoms with Crippen molar-refractivity contribution in [2.45, 2.75) is 65.7 Å². The molecular weight excluding hydrogens is 458 g/mol. The van der Waals surface area contributed by atoms with Gasteiger partial charge in [0.2, 0.25) is 0 Å². The molecule has 4 heteroatoms. The number of rotatable bonds is 2. The molecule has 0 bridgehead atoms. The summed E-state index contributed by atoms with van der Waals surface area (Å²) < 4.78 is 5.08. The van der Waals surface area contributed by atoms with Crippen molar-refractivity contribution in [3.8, 4) is 0 Å². The first-order valence-corrected chi connectivity index (χ1v) is 12.9. The Hall–Kier alpha value is -3.66. The van der Waals surface area contributed by atoms with Gasteiger partial charge in [0.25, 0.3) is 0 Å². The van der Waals surface area contributed by atoms with Crippen LogP contribution in [-0.2, 0) is 26.8 Å². The van der Waals surface area contributed by atoms with Crippen molar-refractivity contribution in [1.29, 1.82) is 0 Å². The average Bonchev–Trinajstić information content (AvgIpc) is 3.47. The Kier molecular flexibility index (Phi) is 4.77. The lowest BCUT2D eigenvalue weighted by molar-refractivity contribution is -0.113.